The van der Waals surface area contributed by atoms with Gasteiger partial charge in [0, 0.05) is 31.0 Å². The molecule has 1 aromatic carbocycles. The molecule has 0 atom stereocenters. The highest BCUT2D eigenvalue weighted by Crippen LogP contribution is 2.17. The quantitative estimate of drug-likeness (QED) is 0.596. The Bertz CT molecular complexity index is 833. The molecule has 8 nitrogen and oxygen atoms in total. The Balaban J connectivity index is 1.42. The summed E-state index contributed by atoms with van der Waals surface area (Å²) in [5.74, 6) is 1.94. The minimum atomic E-state index is -0.0589. The van der Waals surface area contributed by atoms with Crippen molar-refractivity contribution in [3.05, 3.63) is 60.4 Å². The van der Waals surface area contributed by atoms with E-state index in [2.05, 4.69) is 25.9 Å². The van der Waals surface area contributed by atoms with Gasteiger partial charge in [0.05, 0.1) is 13.5 Å². The summed E-state index contributed by atoms with van der Waals surface area (Å²) in [6.45, 7) is 1.03. The Hall–Kier alpha value is -3.42. The third kappa shape index (κ3) is 4.56. The van der Waals surface area contributed by atoms with Gasteiger partial charge in [-0.25, -0.2) is 4.68 Å². The van der Waals surface area contributed by atoms with E-state index in [1.165, 1.54) is 0 Å². The number of anilines is 1. The molecule has 0 saturated heterocycles. The van der Waals surface area contributed by atoms with Gasteiger partial charge in [-0.15, -0.1) is 10.2 Å². The van der Waals surface area contributed by atoms with Crippen LogP contribution >= 0.6 is 0 Å². The summed E-state index contributed by atoms with van der Waals surface area (Å²) in [5, 5.41) is 18.3. The number of methoxy groups -OCH3 is 1. The summed E-state index contributed by atoms with van der Waals surface area (Å²) in [4.78, 5) is 12.0. The molecule has 2 N–H and O–H groups in total. The van der Waals surface area contributed by atoms with E-state index >= 15 is 0 Å². The number of hydrogen-bond acceptors (Lipinski definition) is 6. The van der Waals surface area contributed by atoms with E-state index in [0.717, 1.165) is 5.56 Å². The van der Waals surface area contributed by atoms with E-state index < -0.39 is 0 Å². The maximum Gasteiger partial charge on any atom is 0.224 e. The number of ether oxygens (including phenoxy) is 1. The number of carbonyl (C=O) groups is 1. The molecular formula is C18H20N6O2. The van der Waals surface area contributed by atoms with Crippen molar-refractivity contribution in [2.75, 3.05) is 25.5 Å². The van der Waals surface area contributed by atoms with Crippen molar-refractivity contribution < 1.29 is 9.53 Å². The monoisotopic (exact) mass is 352 g/mol. The first kappa shape index (κ1) is 17.4. The molecule has 2 aromatic heterocycles. The molecule has 134 valence electrons. The molecule has 0 saturated carbocycles. The normalized spacial score (nSPS) is 10.3. The number of benzene rings is 1. The van der Waals surface area contributed by atoms with Gasteiger partial charge in [-0.05, 0) is 24.3 Å². The molecule has 0 unspecified atom stereocenters. The standard InChI is InChI=1S/C18H20N6O2/c1-26-15-6-3-2-5-14(15)13-18(25)20-11-10-19-16-7-8-17(23-22-16)24-12-4-9-21-24/h2-9,12H,10-11,13H2,1H3,(H,19,22)(H,20,25). The molecule has 0 aliphatic rings. The fourth-order valence-electron chi connectivity index (χ4n) is 2.42. The Labute approximate surface area is 151 Å². The Morgan fingerprint density at radius 1 is 1.12 bits per heavy atom. The van der Waals surface area contributed by atoms with Crippen LogP contribution in [0, 0.1) is 0 Å². The van der Waals surface area contributed by atoms with Crippen LogP contribution in [-0.2, 0) is 11.2 Å². The molecule has 0 aliphatic heterocycles. The number of rotatable bonds is 8. The summed E-state index contributed by atoms with van der Waals surface area (Å²) in [6, 6.07) is 13.0. The van der Waals surface area contributed by atoms with Crippen LogP contribution in [0.25, 0.3) is 5.82 Å². The molecule has 0 bridgehead atoms. The number of amides is 1. The molecule has 8 heteroatoms. The van der Waals surface area contributed by atoms with Crippen LogP contribution in [0.3, 0.4) is 0 Å². The second-order valence-electron chi connectivity index (χ2n) is 5.49. The van der Waals surface area contributed by atoms with Gasteiger partial charge in [0.2, 0.25) is 5.91 Å². The summed E-state index contributed by atoms with van der Waals surface area (Å²) in [5.41, 5.74) is 0.862. The largest absolute Gasteiger partial charge is 0.496 e. The average molecular weight is 352 g/mol. The molecule has 3 aromatic rings. The molecule has 0 radical (unpaired) electrons. The number of nitrogens with one attached hydrogen (secondary N) is 2. The highest BCUT2D eigenvalue weighted by Gasteiger charge is 2.07. The van der Waals surface area contributed by atoms with Gasteiger partial charge in [0.25, 0.3) is 0 Å². The third-order valence-electron chi connectivity index (χ3n) is 3.69. The summed E-state index contributed by atoms with van der Waals surface area (Å²) < 4.78 is 6.89. The predicted octanol–water partition coefficient (Wildman–Crippen LogP) is 1.44. The number of nitrogens with zero attached hydrogens (tertiary/aromatic N) is 4. The first-order valence-corrected chi connectivity index (χ1v) is 8.22. The SMILES string of the molecule is COc1ccccc1CC(=O)NCCNc1ccc(-n2cccn2)nn1. The highest BCUT2D eigenvalue weighted by molar-refractivity contribution is 5.79. The summed E-state index contributed by atoms with van der Waals surface area (Å²) in [7, 11) is 1.60. The lowest BCUT2D eigenvalue weighted by Gasteiger charge is -2.09. The summed E-state index contributed by atoms with van der Waals surface area (Å²) >= 11 is 0. The third-order valence-corrected chi connectivity index (χ3v) is 3.69. The second-order valence-corrected chi connectivity index (χ2v) is 5.49. The van der Waals surface area contributed by atoms with Crippen LogP contribution < -0.4 is 15.4 Å². The maximum atomic E-state index is 12.0. The van der Waals surface area contributed by atoms with Crippen molar-refractivity contribution in [2.45, 2.75) is 6.42 Å². The van der Waals surface area contributed by atoms with E-state index in [1.807, 2.05) is 42.5 Å². The second kappa shape index (κ2) is 8.61. The zero-order valence-electron chi connectivity index (χ0n) is 14.4. The summed E-state index contributed by atoms with van der Waals surface area (Å²) in [6.07, 6.45) is 3.76. The lowest BCUT2D eigenvalue weighted by atomic mass is 10.1. The molecule has 0 fully saturated rings. The van der Waals surface area contributed by atoms with Crippen LogP contribution in [0.4, 0.5) is 5.82 Å². The zero-order chi connectivity index (χ0) is 18.2. The topological polar surface area (TPSA) is 94.0 Å². The molecule has 0 aliphatic carbocycles. The Kier molecular flexibility index (Phi) is 5.76. The van der Waals surface area contributed by atoms with Gasteiger partial charge in [0.15, 0.2) is 5.82 Å². The van der Waals surface area contributed by atoms with Gasteiger partial charge >= 0.3 is 0 Å². The van der Waals surface area contributed by atoms with Gasteiger partial charge in [0.1, 0.15) is 11.6 Å². The molecule has 26 heavy (non-hydrogen) atoms. The maximum absolute atomic E-state index is 12.0. The Morgan fingerprint density at radius 3 is 2.73 bits per heavy atom. The first-order chi connectivity index (χ1) is 12.8. The lowest BCUT2D eigenvalue weighted by molar-refractivity contribution is -0.120. The molecule has 2 heterocycles. The van der Waals surface area contributed by atoms with Crippen molar-refractivity contribution in [1.82, 2.24) is 25.3 Å². The van der Waals surface area contributed by atoms with Gasteiger partial charge in [-0.3, -0.25) is 4.79 Å². The van der Waals surface area contributed by atoms with Crippen molar-refractivity contribution in [3.8, 4) is 11.6 Å². The van der Waals surface area contributed by atoms with Crippen LogP contribution in [0.2, 0.25) is 0 Å². The molecule has 3 rings (SSSR count). The highest BCUT2D eigenvalue weighted by atomic mass is 16.5. The van der Waals surface area contributed by atoms with E-state index in [1.54, 1.807) is 24.2 Å². The lowest BCUT2D eigenvalue weighted by Crippen LogP contribution is -2.30. The van der Waals surface area contributed by atoms with E-state index in [-0.39, 0.29) is 12.3 Å². The zero-order valence-corrected chi connectivity index (χ0v) is 14.4. The number of hydrogen-bond donors (Lipinski definition) is 2. The minimum absolute atomic E-state index is 0.0589. The molecule has 0 spiro atoms. The van der Waals surface area contributed by atoms with Crippen molar-refractivity contribution in [3.63, 3.8) is 0 Å². The first-order valence-electron chi connectivity index (χ1n) is 8.22. The van der Waals surface area contributed by atoms with E-state index in [4.69, 9.17) is 4.74 Å². The Morgan fingerprint density at radius 2 is 2.00 bits per heavy atom. The number of para-hydroxylation sites is 1. The van der Waals surface area contributed by atoms with Crippen LogP contribution in [0.15, 0.2) is 54.9 Å². The van der Waals surface area contributed by atoms with E-state index in [0.29, 0.717) is 30.5 Å². The smallest absolute Gasteiger partial charge is 0.224 e. The predicted molar refractivity (Wildman–Crippen MR) is 97.4 cm³/mol. The number of carbonyl (C=O) groups excluding carboxylic acids is 1. The van der Waals surface area contributed by atoms with Crippen LogP contribution in [0.1, 0.15) is 5.56 Å². The van der Waals surface area contributed by atoms with Crippen molar-refractivity contribution in [1.29, 1.82) is 0 Å². The van der Waals surface area contributed by atoms with Gasteiger partial charge < -0.3 is 15.4 Å². The van der Waals surface area contributed by atoms with Gasteiger partial charge in [-0.1, -0.05) is 18.2 Å². The molecular weight excluding hydrogens is 332 g/mol. The van der Waals surface area contributed by atoms with Crippen molar-refractivity contribution in [2.24, 2.45) is 0 Å². The average Bonchev–Trinajstić information content (AvgIpc) is 3.21. The molecule has 1 amide bonds. The van der Waals surface area contributed by atoms with E-state index in [9.17, 15) is 4.79 Å². The van der Waals surface area contributed by atoms with Crippen LogP contribution in [-0.4, -0.2) is 46.1 Å². The number of aromatic nitrogens is 4. The van der Waals surface area contributed by atoms with Crippen molar-refractivity contribution >= 4 is 11.7 Å². The fraction of sp³-hybridized carbons (Fsp3) is 0.222. The van der Waals surface area contributed by atoms with Gasteiger partial charge in [-0.2, -0.15) is 5.10 Å². The van der Waals surface area contributed by atoms with Crippen LogP contribution in [0.5, 0.6) is 5.75 Å². The fourth-order valence-corrected chi connectivity index (χ4v) is 2.42. The minimum Gasteiger partial charge on any atom is -0.496 e.